The predicted octanol–water partition coefficient (Wildman–Crippen LogP) is 0.512. The first-order valence-electron chi connectivity index (χ1n) is 4.30. The first kappa shape index (κ1) is 9.26. The predicted molar refractivity (Wildman–Crippen MR) is 48.6 cm³/mol. The van der Waals surface area contributed by atoms with Gasteiger partial charge >= 0.3 is 0 Å². The number of amides is 1. The van der Waals surface area contributed by atoms with Gasteiger partial charge in [0, 0.05) is 13.1 Å². The minimum absolute atomic E-state index is 0.0938. The summed E-state index contributed by atoms with van der Waals surface area (Å²) in [5.41, 5.74) is 6.68. The molecule has 68 valence electrons. The van der Waals surface area contributed by atoms with Crippen LogP contribution in [0.5, 0.6) is 0 Å². The van der Waals surface area contributed by atoms with Crippen molar-refractivity contribution in [3.05, 3.63) is 12.2 Å². The van der Waals surface area contributed by atoms with Crippen molar-refractivity contribution < 1.29 is 4.79 Å². The fourth-order valence-electron chi connectivity index (χ4n) is 1.31. The summed E-state index contributed by atoms with van der Waals surface area (Å²) >= 11 is 0. The molecular formula is C9H16N2O. The Hall–Kier alpha value is -0.830. The van der Waals surface area contributed by atoms with Crippen LogP contribution in [0, 0.1) is 0 Å². The third-order valence-electron chi connectivity index (χ3n) is 2.15. The molecule has 3 nitrogen and oxygen atoms in total. The van der Waals surface area contributed by atoms with Gasteiger partial charge in [-0.1, -0.05) is 5.57 Å². The van der Waals surface area contributed by atoms with Gasteiger partial charge < -0.3 is 10.6 Å². The van der Waals surface area contributed by atoms with Crippen LogP contribution in [0.1, 0.15) is 19.8 Å². The Balaban J connectivity index is 2.34. The van der Waals surface area contributed by atoms with Gasteiger partial charge in [-0.2, -0.15) is 0 Å². The van der Waals surface area contributed by atoms with E-state index in [0.717, 1.165) is 31.5 Å². The first-order chi connectivity index (χ1) is 5.61. The third kappa shape index (κ3) is 2.08. The van der Waals surface area contributed by atoms with Crippen LogP contribution in [0.2, 0.25) is 0 Å². The molecular weight excluding hydrogens is 152 g/mol. The quantitative estimate of drug-likeness (QED) is 0.624. The van der Waals surface area contributed by atoms with Crippen LogP contribution in [0.25, 0.3) is 0 Å². The average molecular weight is 168 g/mol. The Morgan fingerprint density at radius 2 is 2.50 bits per heavy atom. The normalized spacial score (nSPS) is 23.3. The Bertz CT molecular complexity index is 201. The lowest BCUT2D eigenvalue weighted by molar-refractivity contribution is -0.128. The zero-order valence-electron chi connectivity index (χ0n) is 7.55. The maximum atomic E-state index is 11.3. The summed E-state index contributed by atoms with van der Waals surface area (Å²) in [4.78, 5) is 13.1. The van der Waals surface area contributed by atoms with Crippen molar-refractivity contribution in [1.29, 1.82) is 0 Å². The molecule has 1 aliphatic heterocycles. The highest BCUT2D eigenvalue weighted by molar-refractivity contribution is 5.83. The number of carbonyl (C=O) groups is 1. The molecule has 1 atom stereocenters. The van der Waals surface area contributed by atoms with E-state index in [1.807, 2.05) is 11.8 Å². The molecule has 0 spiro atoms. The molecule has 0 aromatic carbocycles. The monoisotopic (exact) mass is 168 g/mol. The van der Waals surface area contributed by atoms with Crippen LogP contribution in [0.15, 0.2) is 12.2 Å². The number of hydrogen-bond donors (Lipinski definition) is 1. The Morgan fingerprint density at radius 1 is 1.83 bits per heavy atom. The smallest absolute Gasteiger partial charge is 0.239 e. The minimum Gasteiger partial charge on any atom is -0.341 e. The highest BCUT2D eigenvalue weighted by Crippen LogP contribution is 2.10. The first-order valence-corrected chi connectivity index (χ1v) is 4.30. The van der Waals surface area contributed by atoms with E-state index in [9.17, 15) is 4.79 Å². The van der Waals surface area contributed by atoms with Gasteiger partial charge in [-0.3, -0.25) is 4.79 Å². The van der Waals surface area contributed by atoms with Crippen molar-refractivity contribution in [1.82, 2.24) is 4.90 Å². The molecule has 1 heterocycles. The van der Waals surface area contributed by atoms with Crippen LogP contribution in [-0.4, -0.2) is 29.9 Å². The van der Waals surface area contributed by atoms with Gasteiger partial charge in [-0.15, -0.1) is 6.58 Å². The minimum atomic E-state index is -0.255. The van der Waals surface area contributed by atoms with Crippen molar-refractivity contribution >= 4 is 5.91 Å². The molecule has 1 aliphatic rings. The SMILES string of the molecule is C=C(C)CCN1CCC(N)C1=O. The summed E-state index contributed by atoms with van der Waals surface area (Å²) < 4.78 is 0. The van der Waals surface area contributed by atoms with E-state index in [-0.39, 0.29) is 11.9 Å². The van der Waals surface area contributed by atoms with Gasteiger partial charge in [-0.25, -0.2) is 0 Å². The van der Waals surface area contributed by atoms with E-state index < -0.39 is 0 Å². The summed E-state index contributed by atoms with van der Waals surface area (Å²) in [5.74, 6) is 0.0938. The molecule has 1 saturated heterocycles. The Labute approximate surface area is 73.2 Å². The summed E-state index contributed by atoms with van der Waals surface area (Å²) in [6.45, 7) is 7.36. The van der Waals surface area contributed by atoms with E-state index in [1.165, 1.54) is 0 Å². The topological polar surface area (TPSA) is 46.3 Å². The third-order valence-corrected chi connectivity index (χ3v) is 2.15. The summed E-state index contributed by atoms with van der Waals surface area (Å²) in [5, 5.41) is 0. The molecule has 3 heteroatoms. The van der Waals surface area contributed by atoms with Crippen LogP contribution in [0.3, 0.4) is 0 Å². The van der Waals surface area contributed by atoms with Gasteiger partial charge in [0.05, 0.1) is 6.04 Å². The largest absolute Gasteiger partial charge is 0.341 e. The summed E-state index contributed by atoms with van der Waals surface area (Å²) in [6, 6.07) is -0.255. The molecule has 0 bridgehead atoms. The molecule has 1 fully saturated rings. The van der Waals surface area contributed by atoms with Crippen molar-refractivity contribution in [3.63, 3.8) is 0 Å². The maximum absolute atomic E-state index is 11.3. The summed E-state index contributed by atoms with van der Waals surface area (Å²) in [7, 11) is 0. The number of nitrogens with zero attached hydrogens (tertiary/aromatic N) is 1. The van der Waals surface area contributed by atoms with E-state index in [4.69, 9.17) is 5.73 Å². The lowest BCUT2D eigenvalue weighted by atomic mass is 10.2. The van der Waals surface area contributed by atoms with Crippen molar-refractivity contribution in [2.24, 2.45) is 5.73 Å². The van der Waals surface area contributed by atoms with Gasteiger partial charge in [0.25, 0.3) is 0 Å². The number of nitrogens with two attached hydrogens (primary N) is 1. The lowest BCUT2D eigenvalue weighted by Gasteiger charge is -2.15. The van der Waals surface area contributed by atoms with Crippen LogP contribution in [-0.2, 0) is 4.79 Å². The summed E-state index contributed by atoms with van der Waals surface area (Å²) in [6.07, 6.45) is 1.69. The number of rotatable bonds is 3. The number of carbonyl (C=O) groups excluding carboxylic acids is 1. The van der Waals surface area contributed by atoms with E-state index in [0.29, 0.717) is 0 Å². The molecule has 0 aromatic heterocycles. The second-order valence-electron chi connectivity index (χ2n) is 3.43. The van der Waals surface area contributed by atoms with Gasteiger partial charge in [0.2, 0.25) is 5.91 Å². The van der Waals surface area contributed by atoms with Crippen molar-refractivity contribution in [3.8, 4) is 0 Å². The molecule has 1 amide bonds. The number of hydrogen-bond acceptors (Lipinski definition) is 2. The molecule has 12 heavy (non-hydrogen) atoms. The van der Waals surface area contributed by atoms with Crippen LogP contribution in [0.4, 0.5) is 0 Å². The fraction of sp³-hybridized carbons (Fsp3) is 0.667. The van der Waals surface area contributed by atoms with Crippen LogP contribution >= 0.6 is 0 Å². The van der Waals surface area contributed by atoms with Crippen LogP contribution < -0.4 is 5.73 Å². The van der Waals surface area contributed by atoms with Crippen molar-refractivity contribution in [2.45, 2.75) is 25.8 Å². The molecule has 0 radical (unpaired) electrons. The second-order valence-corrected chi connectivity index (χ2v) is 3.43. The highest BCUT2D eigenvalue weighted by Gasteiger charge is 2.27. The van der Waals surface area contributed by atoms with Crippen molar-refractivity contribution in [2.75, 3.05) is 13.1 Å². The van der Waals surface area contributed by atoms with E-state index in [2.05, 4.69) is 6.58 Å². The van der Waals surface area contributed by atoms with E-state index in [1.54, 1.807) is 0 Å². The van der Waals surface area contributed by atoms with E-state index >= 15 is 0 Å². The molecule has 0 aliphatic carbocycles. The Morgan fingerprint density at radius 3 is 2.92 bits per heavy atom. The lowest BCUT2D eigenvalue weighted by Crippen LogP contribution is -2.34. The fourth-order valence-corrected chi connectivity index (χ4v) is 1.31. The molecule has 2 N–H and O–H groups in total. The zero-order valence-corrected chi connectivity index (χ0v) is 7.55. The molecule has 0 saturated carbocycles. The van der Waals surface area contributed by atoms with Gasteiger partial charge in [0.15, 0.2) is 0 Å². The molecule has 0 aromatic rings. The zero-order chi connectivity index (χ0) is 9.14. The maximum Gasteiger partial charge on any atom is 0.239 e. The van der Waals surface area contributed by atoms with Gasteiger partial charge in [0.1, 0.15) is 0 Å². The Kier molecular flexibility index (Phi) is 2.87. The molecule has 1 rings (SSSR count). The van der Waals surface area contributed by atoms with Gasteiger partial charge in [-0.05, 0) is 19.8 Å². The highest BCUT2D eigenvalue weighted by atomic mass is 16.2. The number of likely N-dealkylation sites (tertiary alicyclic amines) is 1. The second kappa shape index (κ2) is 3.72. The standard InChI is InChI=1S/C9H16N2O/c1-7(2)3-5-11-6-4-8(10)9(11)12/h8H,1,3-6,10H2,2H3. The molecule has 1 unspecified atom stereocenters. The average Bonchev–Trinajstić information content (AvgIpc) is 2.30.